The highest BCUT2D eigenvalue weighted by Crippen LogP contribution is 2.63. The minimum absolute atomic E-state index is 0.386. The monoisotopic (exact) mass is 699 g/mol. The molecule has 0 saturated heterocycles. The average molecular weight is 700 g/mol. The van der Waals surface area contributed by atoms with Gasteiger partial charge < -0.3 is 0 Å². The summed E-state index contributed by atoms with van der Waals surface area (Å²) in [4.78, 5) is 14.6. The van der Waals surface area contributed by atoms with Crippen LogP contribution in [0.4, 0.5) is 0 Å². The van der Waals surface area contributed by atoms with Gasteiger partial charge in [-0.2, -0.15) is 0 Å². The molecule has 2 heterocycles. The Labute approximate surface area is 320 Å². The van der Waals surface area contributed by atoms with E-state index in [4.69, 9.17) is 9.97 Å². The van der Waals surface area contributed by atoms with E-state index in [9.17, 15) is 0 Å². The Hall–Kier alpha value is -7.23. The second kappa shape index (κ2) is 12.4. The summed E-state index contributed by atoms with van der Waals surface area (Å²) in [6.07, 6.45) is 3.61. The molecule has 0 unspecified atom stereocenters. The van der Waals surface area contributed by atoms with E-state index in [0.29, 0.717) is 5.82 Å². The van der Waals surface area contributed by atoms with Gasteiger partial charge in [0.2, 0.25) is 0 Å². The molecule has 3 heteroatoms. The second-order valence-electron chi connectivity index (χ2n) is 14.4. The molecule has 7 aromatic carbocycles. The van der Waals surface area contributed by atoms with Crippen LogP contribution in [0.15, 0.2) is 200 Å². The van der Waals surface area contributed by atoms with Crippen molar-refractivity contribution in [2.24, 2.45) is 0 Å². The van der Waals surface area contributed by atoms with E-state index in [1.807, 2.05) is 24.4 Å². The lowest BCUT2D eigenvalue weighted by molar-refractivity contribution is 0.794. The zero-order valence-electron chi connectivity index (χ0n) is 29.9. The fourth-order valence-corrected chi connectivity index (χ4v) is 8.96. The molecule has 1 spiro atoms. The maximum Gasteiger partial charge on any atom is 0.161 e. The van der Waals surface area contributed by atoms with Gasteiger partial charge >= 0.3 is 0 Å². The van der Waals surface area contributed by atoms with Crippen molar-refractivity contribution < 1.29 is 0 Å². The van der Waals surface area contributed by atoms with E-state index in [2.05, 4.69) is 175 Å². The number of pyridine rings is 1. The van der Waals surface area contributed by atoms with Crippen molar-refractivity contribution in [2.45, 2.75) is 5.41 Å². The number of benzene rings is 7. The third-order valence-electron chi connectivity index (χ3n) is 11.4. The highest BCUT2D eigenvalue weighted by molar-refractivity contribution is 5.96. The topological polar surface area (TPSA) is 38.7 Å². The molecule has 0 N–H and O–H groups in total. The van der Waals surface area contributed by atoms with Crippen LogP contribution < -0.4 is 0 Å². The molecule has 0 saturated carbocycles. The molecular formula is C52H33N3. The molecule has 9 aromatic rings. The maximum atomic E-state index is 5.14. The van der Waals surface area contributed by atoms with Crippen LogP contribution in [0, 0.1) is 0 Å². The molecule has 256 valence electrons. The smallest absolute Gasteiger partial charge is 0.161 e. The van der Waals surface area contributed by atoms with E-state index in [-0.39, 0.29) is 5.41 Å². The Balaban J connectivity index is 1.05. The Kier molecular flexibility index (Phi) is 7.08. The van der Waals surface area contributed by atoms with Crippen molar-refractivity contribution in [3.63, 3.8) is 0 Å². The summed E-state index contributed by atoms with van der Waals surface area (Å²) in [5.41, 5.74) is 19.5. The molecule has 0 fully saturated rings. The van der Waals surface area contributed by atoms with E-state index in [0.717, 1.165) is 33.6 Å². The van der Waals surface area contributed by atoms with Crippen LogP contribution >= 0.6 is 0 Å². The number of aromatic nitrogens is 3. The van der Waals surface area contributed by atoms with Crippen molar-refractivity contribution in [3.05, 3.63) is 223 Å². The van der Waals surface area contributed by atoms with Gasteiger partial charge in [0, 0.05) is 29.1 Å². The van der Waals surface area contributed by atoms with Crippen molar-refractivity contribution >= 4 is 0 Å². The molecule has 0 amide bonds. The first-order valence-electron chi connectivity index (χ1n) is 18.8. The van der Waals surface area contributed by atoms with E-state index < -0.39 is 0 Å². The number of hydrogen-bond acceptors (Lipinski definition) is 3. The van der Waals surface area contributed by atoms with Crippen molar-refractivity contribution in [1.29, 1.82) is 0 Å². The maximum absolute atomic E-state index is 5.14. The molecule has 2 aliphatic rings. The van der Waals surface area contributed by atoms with Crippen LogP contribution in [0.5, 0.6) is 0 Å². The largest absolute Gasteiger partial charge is 0.264 e. The normalized spacial score (nSPS) is 12.9. The van der Waals surface area contributed by atoms with E-state index in [1.165, 1.54) is 61.2 Å². The van der Waals surface area contributed by atoms with E-state index >= 15 is 0 Å². The van der Waals surface area contributed by atoms with Gasteiger partial charge in [-0.1, -0.05) is 158 Å². The van der Waals surface area contributed by atoms with Crippen LogP contribution in [0.25, 0.3) is 78.4 Å². The highest BCUT2D eigenvalue weighted by Gasteiger charge is 2.51. The predicted octanol–water partition coefficient (Wildman–Crippen LogP) is 12.6. The van der Waals surface area contributed by atoms with Gasteiger partial charge in [0.15, 0.2) is 5.82 Å². The molecule has 11 rings (SSSR count). The van der Waals surface area contributed by atoms with Gasteiger partial charge in [-0.05, 0) is 97.1 Å². The first-order chi connectivity index (χ1) is 27.3. The van der Waals surface area contributed by atoms with Crippen LogP contribution in [0.2, 0.25) is 0 Å². The van der Waals surface area contributed by atoms with Gasteiger partial charge in [0.05, 0.1) is 16.8 Å². The molecule has 55 heavy (non-hydrogen) atoms. The van der Waals surface area contributed by atoms with Crippen molar-refractivity contribution in [1.82, 2.24) is 15.0 Å². The summed E-state index contributed by atoms with van der Waals surface area (Å²) in [6, 6.07) is 67.8. The molecule has 0 atom stereocenters. The van der Waals surface area contributed by atoms with Gasteiger partial charge in [-0.3, -0.25) is 4.98 Å². The fraction of sp³-hybridized carbons (Fsp3) is 0.0192. The minimum atomic E-state index is -0.386. The summed E-state index contributed by atoms with van der Waals surface area (Å²) in [6.45, 7) is 0. The van der Waals surface area contributed by atoms with Crippen LogP contribution in [0.1, 0.15) is 22.3 Å². The quantitative estimate of drug-likeness (QED) is 0.179. The van der Waals surface area contributed by atoms with Crippen molar-refractivity contribution in [2.75, 3.05) is 0 Å². The first kappa shape index (κ1) is 31.3. The van der Waals surface area contributed by atoms with Gasteiger partial charge in [0.1, 0.15) is 0 Å². The summed E-state index contributed by atoms with van der Waals surface area (Å²) in [5, 5.41) is 0. The zero-order valence-corrected chi connectivity index (χ0v) is 29.9. The predicted molar refractivity (Wildman–Crippen MR) is 223 cm³/mol. The highest BCUT2D eigenvalue weighted by atomic mass is 14.9. The molecule has 2 aliphatic carbocycles. The summed E-state index contributed by atoms with van der Waals surface area (Å²) < 4.78 is 0. The summed E-state index contributed by atoms with van der Waals surface area (Å²) in [5.74, 6) is 0.647. The third kappa shape index (κ3) is 4.87. The first-order valence-corrected chi connectivity index (χ1v) is 18.8. The number of nitrogens with zero attached hydrogens (tertiary/aromatic N) is 3. The van der Waals surface area contributed by atoms with Crippen LogP contribution in [-0.2, 0) is 5.41 Å². The van der Waals surface area contributed by atoms with Crippen LogP contribution in [-0.4, -0.2) is 15.0 Å². The molecule has 3 nitrogen and oxygen atoms in total. The van der Waals surface area contributed by atoms with E-state index in [1.54, 1.807) is 6.20 Å². The Bertz CT molecular complexity index is 2850. The Morgan fingerprint density at radius 2 is 0.800 bits per heavy atom. The number of rotatable bonds is 5. The second-order valence-corrected chi connectivity index (χ2v) is 14.4. The lowest BCUT2D eigenvalue weighted by atomic mass is 9.70. The SMILES string of the molecule is c1ccc(-c2ccc(-c3cc(-c4cccc(-c5ccc6c(c5)C5(c7ccccc7-c7ccccc75)c5ccccc5-6)c4)nc(-c4cccnc4)n3)cc2)cc1. The molecule has 2 aromatic heterocycles. The Morgan fingerprint density at radius 3 is 1.45 bits per heavy atom. The van der Waals surface area contributed by atoms with Crippen molar-refractivity contribution in [3.8, 4) is 78.4 Å². The molecular weight excluding hydrogens is 667 g/mol. The standard InChI is InChI=1S/C52H33N3/c1-2-12-34(13-3-1)35-23-25-36(26-24-35)49-32-50(55-51(54-49)40-16-11-29-53-33-40)39-15-10-14-37(30-39)38-27-28-44-43-19-6-9-22-47(43)52(48(44)31-38)45-20-7-4-17-41(45)42-18-5-8-21-46(42)52/h1-33H. The zero-order chi connectivity index (χ0) is 36.3. The third-order valence-corrected chi connectivity index (χ3v) is 11.4. The van der Waals surface area contributed by atoms with Gasteiger partial charge in [-0.25, -0.2) is 9.97 Å². The summed E-state index contributed by atoms with van der Waals surface area (Å²) in [7, 11) is 0. The van der Waals surface area contributed by atoms with Crippen LogP contribution in [0.3, 0.4) is 0 Å². The number of hydrogen-bond donors (Lipinski definition) is 0. The average Bonchev–Trinajstić information content (AvgIpc) is 3.74. The molecule has 0 aliphatic heterocycles. The van der Waals surface area contributed by atoms with Gasteiger partial charge in [-0.15, -0.1) is 0 Å². The lowest BCUT2D eigenvalue weighted by Crippen LogP contribution is -2.25. The summed E-state index contributed by atoms with van der Waals surface area (Å²) >= 11 is 0. The number of fused-ring (bicyclic) bond motifs is 10. The minimum Gasteiger partial charge on any atom is -0.264 e. The lowest BCUT2D eigenvalue weighted by Gasteiger charge is -2.30. The fourth-order valence-electron chi connectivity index (χ4n) is 8.96. The molecule has 0 radical (unpaired) electrons. The van der Waals surface area contributed by atoms with Gasteiger partial charge in [0.25, 0.3) is 0 Å². The Morgan fingerprint density at radius 1 is 0.309 bits per heavy atom. The molecule has 0 bridgehead atoms.